The normalized spacial score (nSPS) is 15.7. The summed E-state index contributed by atoms with van der Waals surface area (Å²) in [5.74, 6) is -0.369. The minimum absolute atomic E-state index is 0.209. The van der Waals surface area contributed by atoms with Crippen molar-refractivity contribution in [1.29, 1.82) is 0 Å². The summed E-state index contributed by atoms with van der Waals surface area (Å²) in [4.78, 5) is 21.9. The van der Waals surface area contributed by atoms with Crippen LogP contribution in [-0.4, -0.2) is 17.8 Å². The first-order valence-electron chi connectivity index (χ1n) is 6.16. The van der Waals surface area contributed by atoms with E-state index in [0.29, 0.717) is 6.42 Å². The molecule has 0 N–H and O–H groups in total. The third-order valence-electron chi connectivity index (χ3n) is 3.39. The maximum absolute atomic E-state index is 11.4. The van der Waals surface area contributed by atoms with Crippen LogP contribution in [-0.2, 0) is 4.79 Å². The van der Waals surface area contributed by atoms with E-state index < -0.39 is 5.41 Å². The molecule has 2 unspecified atom stereocenters. The second-order valence-corrected chi connectivity index (χ2v) is 4.85. The number of nitrogens with zero attached hydrogens (tertiary/aromatic N) is 1. The maximum Gasteiger partial charge on any atom is 0.211 e. The van der Waals surface area contributed by atoms with Crippen molar-refractivity contribution in [3.05, 3.63) is 46.0 Å². The highest BCUT2D eigenvalue weighted by Crippen LogP contribution is 2.38. The summed E-state index contributed by atoms with van der Waals surface area (Å²) in [6, 6.07) is 9.26. The van der Waals surface area contributed by atoms with Gasteiger partial charge in [0.05, 0.1) is 5.92 Å². The number of hydrogen-bond acceptors (Lipinski definition) is 3. The Labute approximate surface area is 107 Å². The fourth-order valence-electron chi connectivity index (χ4n) is 2.38. The van der Waals surface area contributed by atoms with Crippen LogP contribution < -0.4 is 0 Å². The lowest BCUT2D eigenvalue weighted by Crippen LogP contribution is -2.32. The minimum Gasteiger partial charge on any atom is -0.303 e. The summed E-state index contributed by atoms with van der Waals surface area (Å²) in [6.45, 7) is 3.58. The number of carbonyl (C=O) groups excluding carboxylic acids is 1. The lowest BCUT2D eigenvalue weighted by molar-refractivity contribution is -0.485. The summed E-state index contributed by atoms with van der Waals surface area (Å²) in [6.07, 6.45) is 2.36. The Hall–Kier alpha value is -1.71. The van der Waals surface area contributed by atoms with Crippen LogP contribution in [0.2, 0.25) is 0 Å². The standard InChI is InChI=1S/C14H19NO3/c1-3-9-14(2,11-16)13(10-15(17)18)12-7-5-4-6-8-12/h4-8,11,13H,3,9-10H2,1-2H3. The largest absolute Gasteiger partial charge is 0.303 e. The van der Waals surface area contributed by atoms with Gasteiger partial charge in [-0.2, -0.15) is 0 Å². The average Bonchev–Trinajstić information content (AvgIpc) is 2.37. The van der Waals surface area contributed by atoms with E-state index in [1.165, 1.54) is 0 Å². The third kappa shape index (κ3) is 3.39. The molecule has 1 rings (SSSR count). The molecule has 98 valence electrons. The molecule has 0 spiro atoms. The molecule has 0 saturated carbocycles. The minimum atomic E-state index is -0.677. The first-order chi connectivity index (χ1) is 8.53. The molecule has 0 amide bonds. The predicted octanol–water partition coefficient (Wildman–Crippen LogP) is 3.05. The van der Waals surface area contributed by atoms with Gasteiger partial charge < -0.3 is 4.79 Å². The molecule has 0 heterocycles. The zero-order chi connectivity index (χ0) is 13.6. The fourth-order valence-corrected chi connectivity index (χ4v) is 2.38. The molecule has 4 nitrogen and oxygen atoms in total. The average molecular weight is 249 g/mol. The second kappa shape index (κ2) is 6.28. The molecule has 0 saturated heterocycles. The van der Waals surface area contributed by atoms with Crippen molar-refractivity contribution >= 4 is 6.29 Å². The number of rotatable bonds is 7. The van der Waals surface area contributed by atoms with Crippen molar-refractivity contribution < 1.29 is 9.72 Å². The zero-order valence-corrected chi connectivity index (χ0v) is 10.8. The lowest BCUT2D eigenvalue weighted by atomic mass is 9.71. The zero-order valence-electron chi connectivity index (χ0n) is 10.8. The summed E-state index contributed by atoms with van der Waals surface area (Å²) in [5.41, 5.74) is 0.181. The Morgan fingerprint density at radius 1 is 1.39 bits per heavy atom. The Balaban J connectivity index is 3.11. The number of hydrogen-bond donors (Lipinski definition) is 0. The van der Waals surface area contributed by atoms with E-state index in [0.717, 1.165) is 18.3 Å². The highest BCUT2D eigenvalue weighted by molar-refractivity contribution is 5.61. The molecule has 0 radical (unpaired) electrons. The highest BCUT2D eigenvalue weighted by Gasteiger charge is 2.37. The van der Waals surface area contributed by atoms with Crippen molar-refractivity contribution in [2.45, 2.75) is 32.6 Å². The fraction of sp³-hybridized carbons (Fsp3) is 0.500. The van der Waals surface area contributed by atoms with Crippen LogP contribution >= 0.6 is 0 Å². The molecular formula is C14H19NO3. The van der Waals surface area contributed by atoms with Gasteiger partial charge in [0.25, 0.3) is 0 Å². The van der Waals surface area contributed by atoms with Crippen LogP contribution in [0.1, 0.15) is 38.2 Å². The second-order valence-electron chi connectivity index (χ2n) is 4.85. The van der Waals surface area contributed by atoms with E-state index in [9.17, 15) is 14.9 Å². The van der Waals surface area contributed by atoms with Gasteiger partial charge in [0.2, 0.25) is 6.54 Å². The van der Waals surface area contributed by atoms with Gasteiger partial charge >= 0.3 is 0 Å². The van der Waals surface area contributed by atoms with Gasteiger partial charge in [-0.15, -0.1) is 0 Å². The highest BCUT2D eigenvalue weighted by atomic mass is 16.6. The van der Waals surface area contributed by atoms with Gasteiger partial charge in [0.1, 0.15) is 6.29 Å². The molecule has 0 aromatic heterocycles. The molecule has 0 aliphatic carbocycles. The van der Waals surface area contributed by atoms with Crippen LogP contribution in [0.25, 0.3) is 0 Å². The summed E-state index contributed by atoms with van der Waals surface area (Å²) >= 11 is 0. The quantitative estimate of drug-likeness (QED) is 0.424. The van der Waals surface area contributed by atoms with Crippen LogP contribution in [0.5, 0.6) is 0 Å². The van der Waals surface area contributed by atoms with E-state index in [1.807, 2.05) is 44.2 Å². The first kappa shape index (κ1) is 14.4. The topological polar surface area (TPSA) is 60.2 Å². The smallest absolute Gasteiger partial charge is 0.211 e. The van der Waals surface area contributed by atoms with E-state index in [1.54, 1.807) is 0 Å². The number of benzene rings is 1. The maximum atomic E-state index is 11.4. The number of nitro groups is 1. The van der Waals surface area contributed by atoms with Crippen molar-refractivity contribution in [2.75, 3.05) is 6.54 Å². The first-order valence-corrected chi connectivity index (χ1v) is 6.16. The third-order valence-corrected chi connectivity index (χ3v) is 3.39. The molecule has 0 aliphatic heterocycles. The van der Waals surface area contributed by atoms with Crippen LogP contribution in [0.15, 0.2) is 30.3 Å². The molecule has 0 aliphatic rings. The van der Waals surface area contributed by atoms with Gasteiger partial charge in [0, 0.05) is 10.3 Å². The monoisotopic (exact) mass is 249 g/mol. The van der Waals surface area contributed by atoms with E-state index >= 15 is 0 Å². The Bertz CT molecular complexity index is 405. The van der Waals surface area contributed by atoms with E-state index in [-0.39, 0.29) is 17.4 Å². The Morgan fingerprint density at radius 2 is 2.00 bits per heavy atom. The molecule has 1 aromatic rings. The van der Waals surface area contributed by atoms with E-state index in [4.69, 9.17) is 0 Å². The molecule has 1 aromatic carbocycles. The van der Waals surface area contributed by atoms with Crippen LogP contribution in [0, 0.1) is 15.5 Å². The van der Waals surface area contributed by atoms with Crippen LogP contribution in [0.4, 0.5) is 0 Å². The molecule has 0 fully saturated rings. The molecule has 0 bridgehead atoms. The predicted molar refractivity (Wildman–Crippen MR) is 70.1 cm³/mol. The number of aldehydes is 1. The summed E-state index contributed by atoms with van der Waals surface area (Å²) in [5, 5.41) is 10.8. The van der Waals surface area contributed by atoms with Gasteiger partial charge in [-0.25, -0.2) is 0 Å². The number of carbonyl (C=O) groups is 1. The molecule has 18 heavy (non-hydrogen) atoms. The van der Waals surface area contributed by atoms with Crippen molar-refractivity contribution in [2.24, 2.45) is 5.41 Å². The van der Waals surface area contributed by atoms with Gasteiger partial charge in [0.15, 0.2) is 0 Å². The van der Waals surface area contributed by atoms with Crippen molar-refractivity contribution in [1.82, 2.24) is 0 Å². The Kier molecular flexibility index (Phi) is 5.01. The molecular weight excluding hydrogens is 230 g/mol. The molecule has 4 heteroatoms. The SMILES string of the molecule is CCCC(C)(C=O)C(C[N+](=O)[O-])c1ccccc1. The Morgan fingerprint density at radius 3 is 2.44 bits per heavy atom. The summed E-state index contributed by atoms with van der Waals surface area (Å²) < 4.78 is 0. The van der Waals surface area contributed by atoms with E-state index in [2.05, 4.69) is 0 Å². The van der Waals surface area contributed by atoms with Crippen molar-refractivity contribution in [3.8, 4) is 0 Å². The molecule has 2 atom stereocenters. The van der Waals surface area contributed by atoms with Crippen molar-refractivity contribution in [3.63, 3.8) is 0 Å². The van der Waals surface area contributed by atoms with Crippen LogP contribution in [0.3, 0.4) is 0 Å². The summed E-state index contributed by atoms with van der Waals surface area (Å²) in [7, 11) is 0. The van der Waals surface area contributed by atoms with Gasteiger partial charge in [-0.05, 0) is 12.0 Å². The lowest BCUT2D eigenvalue weighted by Gasteiger charge is -2.30. The van der Waals surface area contributed by atoms with Gasteiger partial charge in [-0.3, -0.25) is 10.1 Å². The van der Waals surface area contributed by atoms with Gasteiger partial charge in [-0.1, -0.05) is 50.6 Å².